The van der Waals surface area contributed by atoms with Crippen LogP contribution in [-0.4, -0.2) is 32.1 Å². The summed E-state index contributed by atoms with van der Waals surface area (Å²) < 4.78 is 2.14. The van der Waals surface area contributed by atoms with Gasteiger partial charge in [-0.15, -0.1) is 6.42 Å². The zero-order valence-electron chi connectivity index (χ0n) is 17.6. The van der Waals surface area contributed by atoms with E-state index in [1.807, 2.05) is 0 Å². The molecule has 0 bridgehead atoms. The molecule has 0 radical (unpaired) electrons. The van der Waals surface area contributed by atoms with Crippen LogP contribution >= 0.6 is 11.8 Å². The highest BCUT2D eigenvalue weighted by Gasteiger charge is 2.19. The normalized spacial score (nSPS) is 13.5. The summed E-state index contributed by atoms with van der Waals surface area (Å²) in [6.07, 6.45) is 13.0. The first kappa shape index (κ1) is 20.7. The molecular formula is C23H28N6S. The minimum Gasteiger partial charge on any atom is -0.382 e. The molecule has 0 amide bonds. The highest BCUT2D eigenvalue weighted by atomic mass is 32.2. The number of nitrogens with one attached hydrogen (secondary N) is 1. The van der Waals surface area contributed by atoms with Gasteiger partial charge in [0.15, 0.2) is 22.1 Å². The summed E-state index contributed by atoms with van der Waals surface area (Å²) in [4.78, 5) is 14.4. The number of nitrogens with two attached hydrogens (primary N) is 1. The minimum atomic E-state index is 0.406. The minimum absolute atomic E-state index is 0.406. The largest absolute Gasteiger partial charge is 0.382 e. The Hall–Kier alpha value is -2.56. The van der Waals surface area contributed by atoms with E-state index >= 15 is 0 Å². The van der Waals surface area contributed by atoms with E-state index in [-0.39, 0.29) is 0 Å². The zero-order valence-corrected chi connectivity index (χ0v) is 18.4. The molecule has 30 heavy (non-hydrogen) atoms. The van der Waals surface area contributed by atoms with E-state index in [2.05, 4.69) is 51.8 Å². The highest BCUT2D eigenvalue weighted by Crippen LogP contribution is 2.36. The van der Waals surface area contributed by atoms with Crippen molar-refractivity contribution >= 4 is 28.7 Å². The Morgan fingerprint density at radius 2 is 2.00 bits per heavy atom. The van der Waals surface area contributed by atoms with Gasteiger partial charge in [-0.05, 0) is 61.9 Å². The number of aromatic nitrogens is 4. The molecule has 0 atom stereocenters. The van der Waals surface area contributed by atoms with E-state index in [9.17, 15) is 0 Å². The van der Waals surface area contributed by atoms with E-state index < -0.39 is 0 Å². The number of benzene rings is 1. The third-order valence-corrected chi connectivity index (χ3v) is 6.49. The molecule has 0 fully saturated rings. The van der Waals surface area contributed by atoms with E-state index in [0.717, 1.165) is 53.6 Å². The van der Waals surface area contributed by atoms with Crippen LogP contribution in [-0.2, 0) is 19.4 Å². The summed E-state index contributed by atoms with van der Waals surface area (Å²) in [5.41, 5.74) is 11.2. The van der Waals surface area contributed by atoms with E-state index in [0.29, 0.717) is 17.4 Å². The third kappa shape index (κ3) is 4.30. The van der Waals surface area contributed by atoms with Crippen LogP contribution < -0.4 is 11.1 Å². The fraction of sp³-hybridized carbons (Fsp3) is 0.435. The fourth-order valence-corrected chi connectivity index (χ4v) is 4.95. The fourth-order valence-electron chi connectivity index (χ4n) is 3.90. The Morgan fingerprint density at radius 3 is 2.73 bits per heavy atom. The lowest BCUT2D eigenvalue weighted by Crippen LogP contribution is -2.24. The topological polar surface area (TPSA) is 81.7 Å². The van der Waals surface area contributed by atoms with Gasteiger partial charge in [-0.3, -0.25) is 0 Å². The van der Waals surface area contributed by atoms with Gasteiger partial charge in [0.2, 0.25) is 0 Å². The van der Waals surface area contributed by atoms with E-state index in [1.165, 1.54) is 30.3 Å². The van der Waals surface area contributed by atoms with Crippen LogP contribution in [0, 0.1) is 12.3 Å². The molecule has 1 aromatic carbocycles. The lowest BCUT2D eigenvalue weighted by molar-refractivity contribution is 0.525. The molecule has 2 aromatic heterocycles. The molecule has 1 aliphatic rings. The van der Waals surface area contributed by atoms with Crippen LogP contribution in [0.1, 0.15) is 49.8 Å². The van der Waals surface area contributed by atoms with Gasteiger partial charge in [0.25, 0.3) is 0 Å². The molecule has 1 aliphatic carbocycles. The van der Waals surface area contributed by atoms with Crippen LogP contribution in [0.25, 0.3) is 11.2 Å². The van der Waals surface area contributed by atoms with Gasteiger partial charge in [0.1, 0.15) is 6.33 Å². The van der Waals surface area contributed by atoms with Crippen molar-refractivity contribution in [3.63, 3.8) is 0 Å². The Balaban J connectivity index is 1.69. The molecule has 0 saturated carbocycles. The quantitative estimate of drug-likeness (QED) is 0.447. The maximum Gasteiger partial charge on any atom is 0.175 e. The number of hydrogen-bond acceptors (Lipinski definition) is 6. The first-order valence-electron chi connectivity index (χ1n) is 10.6. The zero-order chi connectivity index (χ0) is 21.1. The second kappa shape index (κ2) is 9.07. The summed E-state index contributed by atoms with van der Waals surface area (Å²) in [5.74, 6) is 3.28. The van der Waals surface area contributed by atoms with Crippen LogP contribution in [0.4, 0.5) is 5.82 Å². The standard InChI is InChI=1S/C23H28N6S/c1-4-16-12-17-8-5-6-9-18(17)13-19(16)30-23-28-20-21(24)26-14-27-22(20)29(23)11-7-10-25-15(2)3/h1,12-15,25H,5-11H2,2-3H3,(H2,24,26,27). The number of nitrogens with zero attached hydrogens (tertiary/aromatic N) is 4. The first-order valence-corrected chi connectivity index (χ1v) is 11.4. The number of imidazole rings is 1. The molecule has 4 rings (SSSR count). The Kier molecular flexibility index (Phi) is 6.26. The molecule has 0 unspecified atom stereocenters. The number of fused-ring (bicyclic) bond motifs is 2. The van der Waals surface area contributed by atoms with Gasteiger partial charge in [-0.2, -0.15) is 0 Å². The molecular weight excluding hydrogens is 392 g/mol. The Labute approximate surface area is 182 Å². The van der Waals surface area contributed by atoms with Crippen molar-refractivity contribution in [3.05, 3.63) is 35.2 Å². The summed E-state index contributed by atoms with van der Waals surface area (Å²) in [7, 11) is 0. The van der Waals surface area contributed by atoms with Crippen molar-refractivity contribution in [2.45, 2.75) is 68.6 Å². The number of anilines is 1. The van der Waals surface area contributed by atoms with Crippen molar-refractivity contribution in [3.8, 4) is 12.3 Å². The summed E-state index contributed by atoms with van der Waals surface area (Å²) in [6, 6.07) is 4.91. The van der Waals surface area contributed by atoms with Crippen molar-refractivity contribution in [2.24, 2.45) is 0 Å². The molecule has 156 valence electrons. The number of rotatable bonds is 7. The van der Waals surface area contributed by atoms with Gasteiger partial charge in [0.05, 0.1) is 0 Å². The predicted molar refractivity (Wildman–Crippen MR) is 123 cm³/mol. The van der Waals surface area contributed by atoms with Crippen LogP contribution in [0.2, 0.25) is 0 Å². The maximum atomic E-state index is 6.09. The summed E-state index contributed by atoms with van der Waals surface area (Å²) in [5, 5.41) is 4.32. The maximum absolute atomic E-state index is 6.09. The number of terminal acetylenes is 1. The molecule has 6 nitrogen and oxygen atoms in total. The third-order valence-electron chi connectivity index (χ3n) is 5.44. The smallest absolute Gasteiger partial charge is 0.175 e. The second-order valence-corrected chi connectivity index (χ2v) is 9.02. The average Bonchev–Trinajstić information content (AvgIpc) is 3.09. The van der Waals surface area contributed by atoms with E-state index in [1.54, 1.807) is 11.8 Å². The highest BCUT2D eigenvalue weighted by molar-refractivity contribution is 7.99. The van der Waals surface area contributed by atoms with Gasteiger partial charge in [-0.25, -0.2) is 15.0 Å². The van der Waals surface area contributed by atoms with Gasteiger partial charge >= 0.3 is 0 Å². The number of nitrogen functional groups attached to an aromatic ring is 1. The SMILES string of the molecule is C#Cc1cc2c(cc1Sc1nc3c(N)ncnc3n1CCCNC(C)C)CCCC2. The number of aryl methyl sites for hydroxylation is 3. The molecule has 3 aromatic rings. The average molecular weight is 421 g/mol. The van der Waals surface area contributed by atoms with Crippen LogP contribution in [0.15, 0.2) is 28.5 Å². The monoisotopic (exact) mass is 420 g/mol. The molecule has 0 aliphatic heterocycles. The Morgan fingerprint density at radius 1 is 1.23 bits per heavy atom. The van der Waals surface area contributed by atoms with Gasteiger partial charge in [-0.1, -0.05) is 31.5 Å². The molecule has 3 N–H and O–H groups in total. The van der Waals surface area contributed by atoms with Crippen molar-refractivity contribution in [1.29, 1.82) is 0 Å². The summed E-state index contributed by atoms with van der Waals surface area (Å²) in [6.45, 7) is 6.03. The number of hydrogen-bond donors (Lipinski definition) is 2. The van der Waals surface area contributed by atoms with Crippen molar-refractivity contribution in [1.82, 2.24) is 24.8 Å². The van der Waals surface area contributed by atoms with Gasteiger partial charge < -0.3 is 15.6 Å². The summed E-state index contributed by atoms with van der Waals surface area (Å²) >= 11 is 1.60. The molecule has 2 heterocycles. The second-order valence-electron chi connectivity index (χ2n) is 8.01. The van der Waals surface area contributed by atoms with Gasteiger partial charge in [0, 0.05) is 23.0 Å². The lowest BCUT2D eigenvalue weighted by atomic mass is 9.90. The van der Waals surface area contributed by atoms with Crippen LogP contribution in [0.5, 0.6) is 0 Å². The van der Waals surface area contributed by atoms with Crippen molar-refractivity contribution < 1.29 is 0 Å². The predicted octanol–water partition coefficient (Wildman–Crippen LogP) is 3.81. The molecule has 0 spiro atoms. The molecule has 0 saturated heterocycles. The molecule has 7 heteroatoms. The van der Waals surface area contributed by atoms with Crippen molar-refractivity contribution in [2.75, 3.05) is 12.3 Å². The lowest BCUT2D eigenvalue weighted by Gasteiger charge is -2.18. The van der Waals surface area contributed by atoms with Crippen LogP contribution in [0.3, 0.4) is 0 Å². The Bertz CT molecular complexity index is 1100. The first-order chi connectivity index (χ1) is 14.6. The van der Waals surface area contributed by atoms with E-state index in [4.69, 9.17) is 17.1 Å².